The molecule has 0 saturated carbocycles. The van der Waals surface area contributed by atoms with Crippen molar-refractivity contribution >= 4 is 12.0 Å². The third-order valence-electron chi connectivity index (χ3n) is 8.40. The molecule has 3 saturated heterocycles. The van der Waals surface area contributed by atoms with Crippen LogP contribution in [0.15, 0.2) is 48.5 Å². The summed E-state index contributed by atoms with van der Waals surface area (Å²) in [4.78, 5) is 29.7. The number of alkyl halides is 6. The number of likely N-dealkylation sites (tertiary alicyclic amines) is 1. The minimum atomic E-state index is -5.06. The van der Waals surface area contributed by atoms with Crippen molar-refractivity contribution in [1.29, 1.82) is 0 Å². The normalized spacial score (nSPS) is 23.4. The van der Waals surface area contributed by atoms with E-state index in [4.69, 9.17) is 4.74 Å². The average molecular weight is 584 g/mol. The number of carbonyl (C=O) groups is 2. The summed E-state index contributed by atoms with van der Waals surface area (Å²) in [6.45, 7) is 2.08. The Hall–Kier alpha value is -3.28. The molecule has 2 atom stereocenters. The van der Waals surface area contributed by atoms with Crippen molar-refractivity contribution in [3.63, 3.8) is 0 Å². The molecule has 12 heteroatoms. The van der Waals surface area contributed by atoms with E-state index in [1.54, 1.807) is 4.90 Å². The second-order valence-electron chi connectivity index (χ2n) is 11.1. The Morgan fingerprint density at radius 2 is 1.56 bits per heavy atom. The molecule has 1 spiro atoms. The second-order valence-corrected chi connectivity index (χ2v) is 11.1. The van der Waals surface area contributed by atoms with Crippen molar-refractivity contribution in [3.05, 3.63) is 70.8 Å². The minimum Gasteiger partial charge on any atom is -0.443 e. The number of nitrogens with one attached hydrogen (secondary N) is 1. The molecule has 2 unspecified atom stereocenters. The molecule has 2 amide bonds. The average Bonchev–Trinajstić information content (AvgIpc) is 2.92. The Labute approximate surface area is 233 Å². The zero-order valence-electron chi connectivity index (χ0n) is 22.2. The van der Waals surface area contributed by atoms with Crippen molar-refractivity contribution in [2.45, 2.75) is 68.6 Å². The highest BCUT2D eigenvalue weighted by Crippen LogP contribution is 2.38. The van der Waals surface area contributed by atoms with Gasteiger partial charge in [-0.2, -0.15) is 26.3 Å². The molecule has 41 heavy (non-hydrogen) atoms. The van der Waals surface area contributed by atoms with Gasteiger partial charge in [-0.3, -0.25) is 4.79 Å². The quantitative estimate of drug-likeness (QED) is 0.455. The Kier molecular flexibility index (Phi) is 7.97. The van der Waals surface area contributed by atoms with Crippen molar-refractivity contribution in [2.24, 2.45) is 0 Å². The molecule has 5 rings (SSSR count). The predicted molar refractivity (Wildman–Crippen MR) is 137 cm³/mol. The lowest BCUT2D eigenvalue weighted by Gasteiger charge is -2.48. The lowest BCUT2D eigenvalue weighted by molar-refractivity contribution is -0.143. The van der Waals surface area contributed by atoms with Gasteiger partial charge in [-0.05, 0) is 69.0 Å². The van der Waals surface area contributed by atoms with Gasteiger partial charge in [-0.15, -0.1) is 0 Å². The van der Waals surface area contributed by atoms with Crippen LogP contribution in [0.5, 0.6) is 0 Å². The monoisotopic (exact) mass is 583 g/mol. The van der Waals surface area contributed by atoms with Gasteiger partial charge in [0.25, 0.3) is 5.91 Å². The number of hydrogen-bond acceptors (Lipinski definition) is 4. The summed E-state index contributed by atoms with van der Waals surface area (Å²) in [5.74, 6) is -0.907. The maximum Gasteiger partial charge on any atom is 0.416 e. The third-order valence-corrected chi connectivity index (χ3v) is 8.40. The number of ether oxygens (including phenoxy) is 1. The van der Waals surface area contributed by atoms with Gasteiger partial charge < -0.3 is 19.9 Å². The SMILES string of the molecule is O=C1OC2(CCNCC2)CCN1C1CCN(C(=O)c2cc(C(F)(F)F)cc(C(F)(F)F)c2)C(Cc2ccccc2)C1. The van der Waals surface area contributed by atoms with Crippen LogP contribution in [-0.2, 0) is 23.5 Å². The molecular formula is C29H31F6N3O3. The highest BCUT2D eigenvalue weighted by atomic mass is 19.4. The minimum absolute atomic E-state index is 0.0155. The van der Waals surface area contributed by atoms with Crippen molar-refractivity contribution in [3.8, 4) is 0 Å². The highest BCUT2D eigenvalue weighted by Gasteiger charge is 2.45. The van der Waals surface area contributed by atoms with Gasteiger partial charge in [0.2, 0.25) is 0 Å². The summed E-state index contributed by atoms with van der Waals surface area (Å²) < 4.78 is 86.8. The van der Waals surface area contributed by atoms with Crippen LogP contribution < -0.4 is 5.32 Å². The number of rotatable bonds is 4. The molecule has 6 nitrogen and oxygen atoms in total. The van der Waals surface area contributed by atoms with Crippen LogP contribution in [-0.4, -0.2) is 65.7 Å². The molecule has 3 fully saturated rings. The van der Waals surface area contributed by atoms with Crippen LogP contribution in [0.2, 0.25) is 0 Å². The van der Waals surface area contributed by atoms with E-state index in [1.165, 1.54) is 4.90 Å². The Morgan fingerprint density at radius 3 is 2.15 bits per heavy atom. The number of benzene rings is 2. The van der Waals surface area contributed by atoms with Crippen molar-refractivity contribution in [1.82, 2.24) is 15.1 Å². The van der Waals surface area contributed by atoms with E-state index >= 15 is 0 Å². The fraction of sp³-hybridized carbons (Fsp3) is 0.517. The van der Waals surface area contributed by atoms with E-state index < -0.39 is 52.7 Å². The molecule has 222 valence electrons. The van der Waals surface area contributed by atoms with Crippen LogP contribution in [0, 0.1) is 0 Å². The van der Waals surface area contributed by atoms with Crippen LogP contribution in [0.4, 0.5) is 31.1 Å². The van der Waals surface area contributed by atoms with Gasteiger partial charge in [0.05, 0.1) is 11.1 Å². The van der Waals surface area contributed by atoms with E-state index in [9.17, 15) is 35.9 Å². The van der Waals surface area contributed by atoms with Gasteiger partial charge in [-0.1, -0.05) is 30.3 Å². The Morgan fingerprint density at radius 1 is 0.927 bits per heavy atom. The lowest BCUT2D eigenvalue weighted by Crippen LogP contribution is -2.59. The summed E-state index contributed by atoms with van der Waals surface area (Å²) in [6, 6.07) is 9.24. The van der Waals surface area contributed by atoms with E-state index in [0.717, 1.165) is 31.5 Å². The third kappa shape index (κ3) is 6.47. The first-order chi connectivity index (χ1) is 19.3. The number of halogens is 6. The van der Waals surface area contributed by atoms with Crippen LogP contribution >= 0.6 is 0 Å². The molecule has 1 N–H and O–H groups in total. The summed E-state index contributed by atoms with van der Waals surface area (Å²) in [6.07, 6.45) is -7.45. The topological polar surface area (TPSA) is 61.9 Å². The maximum absolute atomic E-state index is 13.6. The fourth-order valence-electron chi connectivity index (χ4n) is 6.18. The van der Waals surface area contributed by atoms with E-state index in [-0.39, 0.29) is 18.7 Å². The Balaban J connectivity index is 1.40. The van der Waals surface area contributed by atoms with E-state index in [2.05, 4.69) is 5.32 Å². The molecule has 0 aromatic heterocycles. The molecule has 0 radical (unpaired) electrons. The zero-order valence-corrected chi connectivity index (χ0v) is 22.2. The first kappa shape index (κ1) is 29.2. The Bertz CT molecular complexity index is 1230. The molecule has 2 aromatic carbocycles. The van der Waals surface area contributed by atoms with Gasteiger partial charge in [0.1, 0.15) is 5.60 Å². The van der Waals surface area contributed by atoms with E-state index in [1.807, 2.05) is 30.3 Å². The smallest absolute Gasteiger partial charge is 0.416 e. The first-order valence-corrected chi connectivity index (χ1v) is 13.7. The van der Waals surface area contributed by atoms with Crippen molar-refractivity contribution < 1.29 is 40.7 Å². The lowest BCUT2D eigenvalue weighted by atomic mass is 9.86. The summed E-state index contributed by atoms with van der Waals surface area (Å²) >= 11 is 0. The van der Waals surface area contributed by atoms with Crippen molar-refractivity contribution in [2.75, 3.05) is 26.2 Å². The van der Waals surface area contributed by atoms with Gasteiger partial charge in [0, 0.05) is 37.2 Å². The fourth-order valence-corrected chi connectivity index (χ4v) is 6.18. The molecule has 0 bridgehead atoms. The molecule has 2 aromatic rings. The standard InChI is InChI=1S/C29H31F6N3O3/c30-28(31,32)21-15-20(16-22(17-21)29(33,34)35)25(39)37-12-6-23(18-24(37)14-19-4-2-1-3-5-19)38-13-9-27(41-26(38)40)7-10-36-11-8-27/h1-5,15-17,23-24,36H,6-14,18H2. The molecule has 3 aliphatic rings. The molecule has 3 heterocycles. The molecule has 3 aliphatic heterocycles. The summed E-state index contributed by atoms with van der Waals surface area (Å²) in [5.41, 5.74) is -3.38. The molecule has 0 aliphatic carbocycles. The van der Waals surface area contributed by atoms with Crippen LogP contribution in [0.3, 0.4) is 0 Å². The van der Waals surface area contributed by atoms with Gasteiger partial charge in [0.15, 0.2) is 0 Å². The zero-order chi connectivity index (χ0) is 29.4. The number of hydrogen-bond donors (Lipinski definition) is 1. The number of piperidine rings is 2. The largest absolute Gasteiger partial charge is 0.443 e. The number of amides is 2. The summed E-state index contributed by atoms with van der Waals surface area (Å²) in [5, 5.41) is 3.26. The first-order valence-electron chi connectivity index (χ1n) is 13.7. The van der Waals surface area contributed by atoms with Crippen LogP contribution in [0.1, 0.15) is 59.2 Å². The van der Waals surface area contributed by atoms with Gasteiger partial charge in [-0.25, -0.2) is 4.79 Å². The van der Waals surface area contributed by atoms with Gasteiger partial charge >= 0.3 is 18.4 Å². The molecular weight excluding hydrogens is 552 g/mol. The predicted octanol–water partition coefficient (Wildman–Crippen LogP) is 5.90. The number of carbonyl (C=O) groups excluding carboxylic acids is 2. The second kappa shape index (κ2) is 11.2. The van der Waals surface area contributed by atoms with E-state index in [0.29, 0.717) is 44.4 Å². The summed E-state index contributed by atoms with van der Waals surface area (Å²) in [7, 11) is 0. The maximum atomic E-state index is 13.6. The van der Waals surface area contributed by atoms with Crippen LogP contribution in [0.25, 0.3) is 0 Å². The highest BCUT2D eigenvalue weighted by molar-refractivity contribution is 5.95. The number of nitrogens with zero attached hydrogens (tertiary/aromatic N) is 2.